The quantitative estimate of drug-likeness (QED) is 0.701. The van der Waals surface area contributed by atoms with Gasteiger partial charge in [-0.25, -0.2) is 0 Å². The Morgan fingerprint density at radius 2 is 1.79 bits per heavy atom. The van der Waals surface area contributed by atoms with Crippen molar-refractivity contribution < 1.29 is 4.79 Å². The molecule has 0 aliphatic heterocycles. The number of carbonyl (C=O) groups excluding carboxylic acids is 1. The Morgan fingerprint density at radius 1 is 1.14 bits per heavy atom. The molecule has 2 heteroatoms. The summed E-state index contributed by atoms with van der Waals surface area (Å²) in [5, 5.41) is 0. The van der Waals surface area contributed by atoms with Gasteiger partial charge in [-0.2, -0.15) is 0 Å². The molecule has 0 radical (unpaired) electrons. The van der Waals surface area contributed by atoms with Crippen LogP contribution in [0.4, 0.5) is 0 Å². The molecule has 0 saturated heterocycles. The molecule has 1 aromatic carbocycles. The van der Waals surface area contributed by atoms with Crippen LogP contribution in [0.3, 0.4) is 0 Å². The molecule has 0 N–H and O–H groups in total. The standard InChI is InChI=1S/C12H13BrO/c1-7-9-4-3-5-10(9)12(13)8(2)11(7)6-14/h6H,3-5H2,1-2H3. The normalized spacial score (nSPS) is 14.2. The van der Waals surface area contributed by atoms with Crippen molar-refractivity contribution >= 4 is 22.2 Å². The Morgan fingerprint density at radius 3 is 2.43 bits per heavy atom. The van der Waals surface area contributed by atoms with E-state index in [9.17, 15) is 4.79 Å². The summed E-state index contributed by atoms with van der Waals surface area (Å²) in [6, 6.07) is 0. The minimum absolute atomic E-state index is 0.873. The fraction of sp³-hybridized carbons (Fsp3) is 0.417. The Bertz CT molecular complexity index is 408. The van der Waals surface area contributed by atoms with Gasteiger partial charge in [-0.15, -0.1) is 0 Å². The van der Waals surface area contributed by atoms with Crippen LogP contribution in [0.5, 0.6) is 0 Å². The molecule has 0 fully saturated rings. The third-order valence-electron chi connectivity index (χ3n) is 3.19. The van der Waals surface area contributed by atoms with E-state index in [1.807, 2.05) is 6.92 Å². The van der Waals surface area contributed by atoms with E-state index in [-0.39, 0.29) is 0 Å². The molecule has 0 amide bonds. The van der Waals surface area contributed by atoms with E-state index in [1.165, 1.54) is 23.1 Å². The largest absolute Gasteiger partial charge is 0.298 e. The number of rotatable bonds is 1. The topological polar surface area (TPSA) is 17.1 Å². The SMILES string of the molecule is Cc1c(Br)c2c(c(C)c1C=O)CCC2. The maximum Gasteiger partial charge on any atom is 0.150 e. The second-order valence-electron chi connectivity index (χ2n) is 3.91. The highest BCUT2D eigenvalue weighted by molar-refractivity contribution is 9.10. The third-order valence-corrected chi connectivity index (χ3v) is 4.26. The predicted octanol–water partition coefficient (Wildman–Crippen LogP) is 3.37. The molecule has 1 aromatic rings. The molecule has 0 unspecified atom stereocenters. The number of benzene rings is 1. The highest BCUT2D eigenvalue weighted by Crippen LogP contribution is 2.36. The molecule has 1 aliphatic rings. The van der Waals surface area contributed by atoms with Crippen LogP contribution in [0.25, 0.3) is 0 Å². The number of halogens is 1. The number of aldehydes is 1. The van der Waals surface area contributed by atoms with Gasteiger partial charge in [0, 0.05) is 10.0 Å². The molecule has 0 saturated carbocycles. The first-order valence-electron chi connectivity index (χ1n) is 4.92. The van der Waals surface area contributed by atoms with E-state index in [0.29, 0.717) is 0 Å². The van der Waals surface area contributed by atoms with Crippen molar-refractivity contribution in [3.05, 3.63) is 32.3 Å². The zero-order valence-electron chi connectivity index (χ0n) is 8.48. The molecule has 14 heavy (non-hydrogen) atoms. The molecule has 0 spiro atoms. The summed E-state index contributed by atoms with van der Waals surface area (Å²) in [5.41, 5.74) is 5.97. The van der Waals surface area contributed by atoms with Gasteiger partial charge >= 0.3 is 0 Å². The van der Waals surface area contributed by atoms with Gasteiger partial charge in [0.1, 0.15) is 0 Å². The third kappa shape index (κ3) is 1.24. The highest BCUT2D eigenvalue weighted by atomic mass is 79.9. The van der Waals surface area contributed by atoms with Gasteiger partial charge in [-0.1, -0.05) is 15.9 Å². The average molecular weight is 253 g/mol. The summed E-state index contributed by atoms with van der Waals surface area (Å²) in [4.78, 5) is 11.0. The van der Waals surface area contributed by atoms with Crippen LogP contribution in [-0.2, 0) is 12.8 Å². The number of hydrogen-bond donors (Lipinski definition) is 0. The van der Waals surface area contributed by atoms with E-state index in [2.05, 4.69) is 22.9 Å². The fourth-order valence-electron chi connectivity index (χ4n) is 2.36. The summed E-state index contributed by atoms with van der Waals surface area (Å²) < 4.78 is 1.15. The fourth-order valence-corrected chi connectivity index (χ4v) is 3.02. The zero-order chi connectivity index (χ0) is 10.3. The molecule has 74 valence electrons. The number of hydrogen-bond acceptors (Lipinski definition) is 1. The monoisotopic (exact) mass is 252 g/mol. The van der Waals surface area contributed by atoms with Crippen molar-refractivity contribution in [1.29, 1.82) is 0 Å². The van der Waals surface area contributed by atoms with Crippen molar-refractivity contribution in [3.63, 3.8) is 0 Å². The van der Waals surface area contributed by atoms with Crippen LogP contribution < -0.4 is 0 Å². The molecule has 0 bridgehead atoms. The molecule has 0 atom stereocenters. The summed E-state index contributed by atoms with van der Waals surface area (Å²) in [5.74, 6) is 0. The van der Waals surface area contributed by atoms with Gasteiger partial charge in [-0.3, -0.25) is 4.79 Å². The maximum atomic E-state index is 11.0. The molecular formula is C12H13BrO. The van der Waals surface area contributed by atoms with Crippen molar-refractivity contribution in [1.82, 2.24) is 0 Å². The second kappa shape index (κ2) is 3.50. The van der Waals surface area contributed by atoms with Crippen LogP contribution in [0.15, 0.2) is 4.47 Å². The Hall–Kier alpha value is -0.630. The maximum absolute atomic E-state index is 11.0. The predicted molar refractivity (Wildman–Crippen MR) is 61.0 cm³/mol. The first-order valence-corrected chi connectivity index (χ1v) is 5.71. The van der Waals surface area contributed by atoms with Gasteiger partial charge in [-0.05, 0) is 55.4 Å². The summed E-state index contributed by atoms with van der Waals surface area (Å²) >= 11 is 3.60. The lowest BCUT2D eigenvalue weighted by Crippen LogP contribution is -2.00. The summed E-state index contributed by atoms with van der Waals surface area (Å²) in [6.07, 6.45) is 4.47. The first-order chi connectivity index (χ1) is 6.66. The summed E-state index contributed by atoms with van der Waals surface area (Å²) in [6.45, 7) is 4.08. The average Bonchev–Trinajstić information content (AvgIpc) is 2.64. The van der Waals surface area contributed by atoms with Crippen LogP contribution in [0.1, 0.15) is 39.0 Å². The van der Waals surface area contributed by atoms with Gasteiger partial charge in [0.15, 0.2) is 6.29 Å². The van der Waals surface area contributed by atoms with Crippen molar-refractivity contribution in [2.45, 2.75) is 33.1 Å². The smallest absolute Gasteiger partial charge is 0.150 e. The highest BCUT2D eigenvalue weighted by Gasteiger charge is 2.21. The van der Waals surface area contributed by atoms with Crippen LogP contribution in [0.2, 0.25) is 0 Å². The lowest BCUT2D eigenvalue weighted by molar-refractivity contribution is 0.112. The minimum Gasteiger partial charge on any atom is -0.298 e. The lowest BCUT2D eigenvalue weighted by atomic mass is 9.95. The zero-order valence-corrected chi connectivity index (χ0v) is 10.1. The second-order valence-corrected chi connectivity index (χ2v) is 4.70. The Labute approximate surface area is 92.6 Å². The Kier molecular flexibility index (Phi) is 2.48. The van der Waals surface area contributed by atoms with Gasteiger partial charge in [0.25, 0.3) is 0 Å². The number of carbonyl (C=O) groups is 1. The molecule has 1 aliphatic carbocycles. The van der Waals surface area contributed by atoms with E-state index in [1.54, 1.807) is 0 Å². The van der Waals surface area contributed by atoms with E-state index in [4.69, 9.17) is 0 Å². The van der Waals surface area contributed by atoms with E-state index >= 15 is 0 Å². The van der Waals surface area contributed by atoms with Crippen molar-refractivity contribution in [3.8, 4) is 0 Å². The molecule has 0 heterocycles. The van der Waals surface area contributed by atoms with Crippen LogP contribution in [0, 0.1) is 13.8 Å². The van der Waals surface area contributed by atoms with E-state index < -0.39 is 0 Å². The van der Waals surface area contributed by atoms with Crippen LogP contribution in [-0.4, -0.2) is 6.29 Å². The van der Waals surface area contributed by atoms with Crippen molar-refractivity contribution in [2.24, 2.45) is 0 Å². The number of fused-ring (bicyclic) bond motifs is 1. The molecule has 0 aromatic heterocycles. The van der Waals surface area contributed by atoms with Gasteiger partial charge in [0.05, 0.1) is 0 Å². The molecule has 1 nitrogen and oxygen atoms in total. The summed E-state index contributed by atoms with van der Waals surface area (Å²) in [7, 11) is 0. The minimum atomic E-state index is 0.873. The van der Waals surface area contributed by atoms with Gasteiger partial charge in [0.2, 0.25) is 0 Å². The Balaban J connectivity index is 2.79. The molecular weight excluding hydrogens is 240 g/mol. The van der Waals surface area contributed by atoms with Gasteiger partial charge < -0.3 is 0 Å². The first kappa shape index (κ1) is 9.91. The van der Waals surface area contributed by atoms with Crippen LogP contribution >= 0.6 is 15.9 Å². The van der Waals surface area contributed by atoms with E-state index in [0.717, 1.165) is 34.7 Å². The van der Waals surface area contributed by atoms with Crippen molar-refractivity contribution in [2.75, 3.05) is 0 Å². The lowest BCUT2D eigenvalue weighted by Gasteiger charge is -2.13. The molecule has 2 rings (SSSR count).